The minimum atomic E-state index is -0.277. The topological polar surface area (TPSA) is 34.1 Å². The quantitative estimate of drug-likeness (QED) is 0.550. The number of hydrogen-bond acceptors (Lipinski definition) is 2. The normalized spacial score (nSPS) is 38.5. The van der Waals surface area contributed by atoms with Gasteiger partial charge < -0.3 is 0 Å². The maximum absolute atomic E-state index is 12.9. The molecule has 3 aliphatic carbocycles. The molecule has 120 valence electrons. The van der Waals surface area contributed by atoms with Gasteiger partial charge in [0.1, 0.15) is 12.1 Å². The van der Waals surface area contributed by atoms with Gasteiger partial charge in [-0.05, 0) is 54.9 Å². The fourth-order valence-corrected chi connectivity index (χ4v) is 5.13. The molecule has 1 saturated carbocycles. The van der Waals surface area contributed by atoms with Gasteiger partial charge >= 0.3 is 0 Å². The molecule has 2 nitrogen and oxygen atoms in total. The van der Waals surface area contributed by atoms with Gasteiger partial charge in [0.05, 0.1) is 0 Å². The van der Waals surface area contributed by atoms with Crippen LogP contribution in [0.4, 0.5) is 0 Å². The summed E-state index contributed by atoms with van der Waals surface area (Å²) in [4.78, 5) is 24.1. The van der Waals surface area contributed by atoms with Crippen LogP contribution >= 0.6 is 0 Å². The van der Waals surface area contributed by atoms with E-state index >= 15 is 0 Å². The van der Waals surface area contributed by atoms with Gasteiger partial charge in [-0.25, -0.2) is 0 Å². The van der Waals surface area contributed by atoms with Gasteiger partial charge in [0.25, 0.3) is 0 Å². The van der Waals surface area contributed by atoms with Gasteiger partial charge in [-0.15, -0.1) is 0 Å². The Morgan fingerprint density at radius 2 is 1.95 bits per heavy atom. The van der Waals surface area contributed by atoms with Crippen LogP contribution in [0.5, 0.6) is 0 Å². The monoisotopic (exact) mass is 300 g/mol. The van der Waals surface area contributed by atoms with Crippen molar-refractivity contribution >= 4 is 12.1 Å². The number of hydrogen-bond donors (Lipinski definition) is 0. The van der Waals surface area contributed by atoms with Crippen molar-refractivity contribution in [3.05, 3.63) is 22.8 Å². The summed E-state index contributed by atoms with van der Waals surface area (Å²) >= 11 is 0. The van der Waals surface area contributed by atoms with Crippen LogP contribution in [-0.2, 0) is 9.59 Å². The first-order valence-electron chi connectivity index (χ1n) is 8.73. The second kappa shape index (κ2) is 5.18. The van der Waals surface area contributed by atoms with Gasteiger partial charge in [0, 0.05) is 11.8 Å². The Balaban J connectivity index is 2.13. The zero-order valence-electron chi connectivity index (χ0n) is 14.4. The highest BCUT2D eigenvalue weighted by molar-refractivity contribution is 5.93. The van der Waals surface area contributed by atoms with Gasteiger partial charge in [-0.2, -0.15) is 0 Å². The Bertz CT molecular complexity index is 581. The number of carbonyl (C=O) groups is 2. The van der Waals surface area contributed by atoms with E-state index in [0.29, 0.717) is 23.8 Å². The molecule has 22 heavy (non-hydrogen) atoms. The molecule has 0 bridgehead atoms. The van der Waals surface area contributed by atoms with Crippen molar-refractivity contribution in [2.45, 2.75) is 66.2 Å². The average molecular weight is 300 g/mol. The number of Topliss-reactive ketones (excluding diaryl/α,β-unsaturated/α-hetero) is 1. The summed E-state index contributed by atoms with van der Waals surface area (Å²) < 4.78 is 0. The van der Waals surface area contributed by atoms with Crippen LogP contribution in [0, 0.1) is 22.7 Å². The van der Waals surface area contributed by atoms with Crippen LogP contribution in [0.25, 0.3) is 0 Å². The molecule has 0 saturated heterocycles. The van der Waals surface area contributed by atoms with Crippen molar-refractivity contribution in [3.8, 4) is 0 Å². The number of aldehydes is 1. The first-order valence-corrected chi connectivity index (χ1v) is 8.73. The van der Waals surface area contributed by atoms with E-state index in [1.807, 2.05) is 6.08 Å². The first-order chi connectivity index (χ1) is 10.3. The number of carbonyl (C=O) groups excluding carboxylic acids is 2. The minimum absolute atomic E-state index is 0.276. The van der Waals surface area contributed by atoms with Gasteiger partial charge in [0.2, 0.25) is 0 Å². The predicted octanol–water partition coefficient (Wildman–Crippen LogP) is 4.64. The van der Waals surface area contributed by atoms with E-state index in [1.165, 1.54) is 12.8 Å². The molecule has 0 heterocycles. The fraction of sp³-hybridized carbons (Fsp3) is 0.700. The molecule has 3 rings (SSSR count). The lowest BCUT2D eigenvalue weighted by atomic mass is 9.54. The van der Waals surface area contributed by atoms with Gasteiger partial charge in [0.15, 0.2) is 0 Å². The highest BCUT2D eigenvalue weighted by atomic mass is 16.1. The summed E-state index contributed by atoms with van der Waals surface area (Å²) in [5, 5.41) is 0. The molecule has 0 aromatic heterocycles. The summed E-state index contributed by atoms with van der Waals surface area (Å²) in [6.07, 6.45) is 8.62. The van der Waals surface area contributed by atoms with Gasteiger partial charge in [-0.1, -0.05) is 44.9 Å². The Morgan fingerprint density at radius 3 is 2.59 bits per heavy atom. The molecular formula is C20H28O2. The first kappa shape index (κ1) is 15.7. The van der Waals surface area contributed by atoms with Gasteiger partial charge in [-0.3, -0.25) is 9.59 Å². The Hall–Kier alpha value is -1.18. The standard InChI is InChI=1S/C20H28O2/c1-13(2)15-7-8-19(3)9-10-20(4)16(18(15)19)6-5-14(12-21)11-17(20)22/h5,12-13,16H,6-11H2,1-4H3/t16-,19-,20-/m1/s1. The molecule has 0 N–H and O–H groups in total. The van der Waals surface area contributed by atoms with E-state index in [-0.39, 0.29) is 16.6 Å². The molecular weight excluding hydrogens is 272 g/mol. The van der Waals surface area contributed by atoms with E-state index < -0.39 is 0 Å². The lowest BCUT2D eigenvalue weighted by molar-refractivity contribution is -0.131. The smallest absolute Gasteiger partial charge is 0.146 e. The number of allylic oxidation sites excluding steroid dienone is 4. The van der Waals surface area contributed by atoms with E-state index in [2.05, 4.69) is 27.7 Å². The van der Waals surface area contributed by atoms with Crippen molar-refractivity contribution in [2.75, 3.05) is 0 Å². The third kappa shape index (κ3) is 2.14. The molecule has 3 aliphatic rings. The molecule has 2 heteroatoms. The SMILES string of the molecule is CC(C)C1=C2[C@H]3CC=C(C=O)CC(=O)[C@]3(C)CC[C@@]2(C)CC1. The number of rotatable bonds is 2. The molecule has 0 aromatic rings. The molecule has 0 aliphatic heterocycles. The lowest BCUT2D eigenvalue weighted by Gasteiger charge is -2.48. The second-order valence-electron chi connectivity index (χ2n) is 8.36. The molecule has 0 amide bonds. The summed E-state index contributed by atoms with van der Waals surface area (Å²) in [5.41, 5.74) is 3.86. The summed E-state index contributed by atoms with van der Waals surface area (Å²) in [7, 11) is 0. The van der Waals surface area contributed by atoms with E-state index in [1.54, 1.807) is 11.1 Å². The Labute approximate surface area is 134 Å². The molecule has 1 fully saturated rings. The second-order valence-corrected chi connectivity index (χ2v) is 8.36. The predicted molar refractivity (Wildman–Crippen MR) is 88.4 cm³/mol. The number of fused-ring (bicyclic) bond motifs is 3. The third-order valence-corrected chi connectivity index (χ3v) is 6.72. The van der Waals surface area contributed by atoms with E-state index in [4.69, 9.17) is 0 Å². The van der Waals surface area contributed by atoms with Crippen LogP contribution in [-0.4, -0.2) is 12.1 Å². The summed E-state index contributed by atoms with van der Waals surface area (Å²) in [5.74, 6) is 1.14. The summed E-state index contributed by atoms with van der Waals surface area (Å²) in [6.45, 7) is 9.12. The van der Waals surface area contributed by atoms with Crippen LogP contribution in [0.1, 0.15) is 66.2 Å². The largest absolute Gasteiger partial charge is 0.299 e. The van der Waals surface area contributed by atoms with Crippen molar-refractivity contribution in [1.82, 2.24) is 0 Å². The van der Waals surface area contributed by atoms with Crippen molar-refractivity contribution < 1.29 is 9.59 Å². The van der Waals surface area contributed by atoms with Crippen LogP contribution < -0.4 is 0 Å². The van der Waals surface area contributed by atoms with Crippen LogP contribution in [0.3, 0.4) is 0 Å². The molecule has 0 radical (unpaired) electrons. The van der Waals surface area contributed by atoms with Crippen LogP contribution in [0.2, 0.25) is 0 Å². The number of ketones is 1. The lowest BCUT2D eigenvalue weighted by Crippen LogP contribution is -2.44. The fourth-order valence-electron chi connectivity index (χ4n) is 5.13. The maximum atomic E-state index is 12.9. The summed E-state index contributed by atoms with van der Waals surface area (Å²) in [6, 6.07) is 0. The van der Waals surface area contributed by atoms with E-state index in [9.17, 15) is 9.59 Å². The van der Waals surface area contributed by atoms with E-state index in [0.717, 1.165) is 25.5 Å². The van der Waals surface area contributed by atoms with Crippen molar-refractivity contribution in [2.24, 2.45) is 22.7 Å². The zero-order valence-corrected chi connectivity index (χ0v) is 14.4. The van der Waals surface area contributed by atoms with Crippen LogP contribution in [0.15, 0.2) is 22.8 Å². The highest BCUT2D eigenvalue weighted by Gasteiger charge is 2.54. The molecule has 3 atom stereocenters. The maximum Gasteiger partial charge on any atom is 0.146 e. The Morgan fingerprint density at radius 1 is 1.23 bits per heavy atom. The molecule has 0 unspecified atom stereocenters. The van der Waals surface area contributed by atoms with Crippen molar-refractivity contribution in [3.63, 3.8) is 0 Å². The molecule has 0 spiro atoms. The zero-order chi connectivity index (χ0) is 16.1. The third-order valence-electron chi connectivity index (χ3n) is 6.72. The minimum Gasteiger partial charge on any atom is -0.299 e. The molecule has 0 aromatic carbocycles. The van der Waals surface area contributed by atoms with Crippen molar-refractivity contribution in [1.29, 1.82) is 0 Å². The highest BCUT2D eigenvalue weighted by Crippen LogP contribution is 2.62. The average Bonchev–Trinajstić information content (AvgIpc) is 2.76. The Kier molecular flexibility index (Phi) is 3.70.